The molecule has 1 aromatic heterocycles. The highest BCUT2D eigenvalue weighted by atomic mass is 79.9. The second-order valence-corrected chi connectivity index (χ2v) is 6.21. The number of nitrogens with one attached hydrogen (secondary N) is 1. The molecule has 0 atom stereocenters. The lowest BCUT2D eigenvalue weighted by Gasteiger charge is -2.21. The minimum Gasteiger partial charge on any atom is -0.444 e. The van der Waals surface area contributed by atoms with Gasteiger partial charge < -0.3 is 14.6 Å². The Hall–Kier alpha value is -2.08. The van der Waals surface area contributed by atoms with Gasteiger partial charge in [0.2, 0.25) is 0 Å². The summed E-state index contributed by atoms with van der Waals surface area (Å²) in [6, 6.07) is 10.2. The molecule has 0 radical (unpaired) electrons. The van der Waals surface area contributed by atoms with Crippen molar-refractivity contribution in [2.75, 3.05) is 18.4 Å². The van der Waals surface area contributed by atoms with Crippen molar-refractivity contribution in [1.29, 1.82) is 0 Å². The average Bonchev–Trinajstić information content (AvgIpc) is 3.01. The Bertz CT molecular complexity index is 706. The van der Waals surface area contributed by atoms with E-state index in [9.17, 15) is 9.59 Å². The molecule has 2 aromatic rings. The largest absolute Gasteiger partial charge is 0.444 e. The van der Waals surface area contributed by atoms with Crippen molar-refractivity contribution in [2.24, 2.45) is 0 Å². The first-order valence-electron chi connectivity index (χ1n) is 8.01. The highest BCUT2D eigenvalue weighted by Gasteiger charge is 2.16. The van der Waals surface area contributed by atoms with Gasteiger partial charge in [-0.25, -0.2) is 0 Å². The lowest BCUT2D eigenvalue weighted by atomic mass is 10.1. The van der Waals surface area contributed by atoms with E-state index in [-0.39, 0.29) is 17.6 Å². The third-order valence-corrected chi connectivity index (χ3v) is 3.86. The van der Waals surface area contributed by atoms with E-state index >= 15 is 0 Å². The number of amides is 2. The fraction of sp³-hybridized carbons (Fsp3) is 0.333. The van der Waals surface area contributed by atoms with Crippen LogP contribution in [0, 0.1) is 0 Å². The summed E-state index contributed by atoms with van der Waals surface area (Å²) in [5.41, 5.74) is 1.13. The van der Waals surface area contributed by atoms with Gasteiger partial charge in [0.05, 0.1) is 0 Å². The van der Waals surface area contributed by atoms with Crippen LogP contribution in [-0.4, -0.2) is 29.8 Å². The smallest absolute Gasteiger partial charge is 0.291 e. The number of carbonyl (C=O) groups is 2. The first-order chi connectivity index (χ1) is 11.5. The van der Waals surface area contributed by atoms with Gasteiger partial charge in [0.1, 0.15) is 0 Å². The standard InChI is InChI=1S/C18H21BrN2O3/c1-3-10-21(11-4-2)18(23)13-6-5-7-14(12-13)20-17(22)15-8-9-16(19)24-15/h5-9,12H,3-4,10-11H2,1-2H3,(H,20,22). The maximum Gasteiger partial charge on any atom is 0.291 e. The van der Waals surface area contributed by atoms with Crippen LogP contribution in [0.3, 0.4) is 0 Å². The van der Waals surface area contributed by atoms with E-state index in [0.717, 1.165) is 25.9 Å². The van der Waals surface area contributed by atoms with Gasteiger partial charge in [-0.15, -0.1) is 0 Å². The van der Waals surface area contributed by atoms with E-state index < -0.39 is 0 Å². The molecule has 128 valence electrons. The molecule has 6 heteroatoms. The predicted molar refractivity (Wildman–Crippen MR) is 97.3 cm³/mol. The second-order valence-electron chi connectivity index (χ2n) is 5.43. The number of anilines is 1. The number of furan rings is 1. The van der Waals surface area contributed by atoms with Crippen LogP contribution >= 0.6 is 15.9 Å². The van der Waals surface area contributed by atoms with Crippen molar-refractivity contribution in [3.05, 3.63) is 52.4 Å². The summed E-state index contributed by atoms with van der Waals surface area (Å²) in [4.78, 5) is 26.6. The summed E-state index contributed by atoms with van der Waals surface area (Å²) in [6.45, 7) is 5.55. The van der Waals surface area contributed by atoms with Crippen molar-refractivity contribution < 1.29 is 14.0 Å². The fourth-order valence-corrected chi connectivity index (χ4v) is 2.70. The molecule has 2 rings (SSSR count). The van der Waals surface area contributed by atoms with Gasteiger partial charge in [-0.05, 0) is 59.1 Å². The Morgan fingerprint density at radius 2 is 1.83 bits per heavy atom. The van der Waals surface area contributed by atoms with Crippen LogP contribution in [0.15, 0.2) is 45.5 Å². The van der Waals surface area contributed by atoms with Crippen molar-refractivity contribution in [3.8, 4) is 0 Å². The van der Waals surface area contributed by atoms with E-state index in [1.165, 1.54) is 0 Å². The summed E-state index contributed by atoms with van der Waals surface area (Å²) in [7, 11) is 0. The van der Waals surface area contributed by atoms with Gasteiger partial charge in [-0.3, -0.25) is 9.59 Å². The van der Waals surface area contributed by atoms with Gasteiger partial charge in [0, 0.05) is 24.3 Å². The Kier molecular flexibility index (Phi) is 6.61. The molecular formula is C18H21BrN2O3. The molecule has 0 aliphatic carbocycles. The molecule has 0 saturated heterocycles. The Balaban J connectivity index is 2.13. The second kappa shape index (κ2) is 8.68. The molecule has 0 bridgehead atoms. The molecule has 1 N–H and O–H groups in total. The number of rotatable bonds is 7. The van der Waals surface area contributed by atoms with Crippen molar-refractivity contribution >= 4 is 33.4 Å². The SMILES string of the molecule is CCCN(CCC)C(=O)c1cccc(NC(=O)c2ccc(Br)o2)c1. The van der Waals surface area contributed by atoms with Gasteiger partial charge in [0.15, 0.2) is 10.4 Å². The van der Waals surface area contributed by atoms with Crippen LogP contribution in [0.1, 0.15) is 47.6 Å². The zero-order valence-corrected chi connectivity index (χ0v) is 15.4. The van der Waals surface area contributed by atoms with E-state index in [4.69, 9.17) is 4.42 Å². The highest BCUT2D eigenvalue weighted by Crippen LogP contribution is 2.17. The van der Waals surface area contributed by atoms with Gasteiger partial charge in [0.25, 0.3) is 11.8 Å². The molecule has 0 saturated carbocycles. The zero-order chi connectivity index (χ0) is 17.5. The minimum atomic E-state index is -0.357. The van der Waals surface area contributed by atoms with E-state index in [1.807, 2.05) is 18.7 Å². The summed E-state index contributed by atoms with van der Waals surface area (Å²) in [6.07, 6.45) is 1.82. The third-order valence-electron chi connectivity index (χ3n) is 3.44. The summed E-state index contributed by atoms with van der Waals surface area (Å²) < 4.78 is 5.72. The summed E-state index contributed by atoms with van der Waals surface area (Å²) in [5, 5.41) is 2.75. The number of hydrogen-bond acceptors (Lipinski definition) is 3. The molecule has 0 aliphatic rings. The molecule has 5 nitrogen and oxygen atoms in total. The van der Waals surface area contributed by atoms with Crippen LogP contribution in [0.2, 0.25) is 0 Å². The minimum absolute atomic E-state index is 0.0180. The monoisotopic (exact) mass is 392 g/mol. The molecule has 2 amide bonds. The first-order valence-corrected chi connectivity index (χ1v) is 8.80. The summed E-state index contributed by atoms with van der Waals surface area (Å²) >= 11 is 3.17. The normalized spacial score (nSPS) is 10.5. The highest BCUT2D eigenvalue weighted by molar-refractivity contribution is 9.10. The van der Waals surface area contributed by atoms with Gasteiger partial charge in [-0.2, -0.15) is 0 Å². The number of nitrogens with zero attached hydrogens (tertiary/aromatic N) is 1. The first kappa shape index (κ1) is 18.3. The predicted octanol–water partition coefficient (Wildman–Crippen LogP) is 4.56. The molecule has 1 aromatic carbocycles. The van der Waals surface area contributed by atoms with Crippen molar-refractivity contribution in [3.63, 3.8) is 0 Å². The molecule has 24 heavy (non-hydrogen) atoms. The molecule has 0 unspecified atom stereocenters. The molecule has 0 fully saturated rings. The zero-order valence-electron chi connectivity index (χ0n) is 13.8. The maximum atomic E-state index is 12.6. The fourth-order valence-electron chi connectivity index (χ4n) is 2.40. The van der Waals surface area contributed by atoms with Crippen LogP contribution in [0.25, 0.3) is 0 Å². The van der Waals surface area contributed by atoms with Crippen LogP contribution in [0.4, 0.5) is 5.69 Å². The van der Waals surface area contributed by atoms with E-state index in [2.05, 4.69) is 21.2 Å². The molecular weight excluding hydrogens is 372 g/mol. The number of carbonyl (C=O) groups excluding carboxylic acids is 2. The molecule has 0 spiro atoms. The topological polar surface area (TPSA) is 62.6 Å². The number of benzene rings is 1. The quantitative estimate of drug-likeness (QED) is 0.750. The maximum absolute atomic E-state index is 12.6. The Morgan fingerprint density at radius 3 is 2.42 bits per heavy atom. The van der Waals surface area contributed by atoms with Crippen molar-refractivity contribution in [2.45, 2.75) is 26.7 Å². The number of hydrogen-bond donors (Lipinski definition) is 1. The van der Waals surface area contributed by atoms with Crippen LogP contribution < -0.4 is 5.32 Å². The van der Waals surface area contributed by atoms with E-state index in [1.54, 1.807) is 36.4 Å². The molecule has 0 aliphatic heterocycles. The summed E-state index contributed by atoms with van der Waals surface area (Å²) in [5.74, 6) is -0.169. The van der Waals surface area contributed by atoms with Gasteiger partial charge in [-0.1, -0.05) is 19.9 Å². The van der Waals surface area contributed by atoms with Crippen LogP contribution in [0.5, 0.6) is 0 Å². The molecule has 1 heterocycles. The number of halogens is 1. The van der Waals surface area contributed by atoms with Crippen molar-refractivity contribution in [1.82, 2.24) is 4.90 Å². The van der Waals surface area contributed by atoms with Crippen LogP contribution in [-0.2, 0) is 0 Å². The van der Waals surface area contributed by atoms with Gasteiger partial charge >= 0.3 is 0 Å². The third kappa shape index (κ3) is 4.71. The Labute approximate surface area is 150 Å². The van der Waals surface area contributed by atoms with E-state index in [0.29, 0.717) is 15.9 Å². The Morgan fingerprint density at radius 1 is 1.12 bits per heavy atom. The average molecular weight is 393 g/mol. The lowest BCUT2D eigenvalue weighted by Crippen LogP contribution is -2.32. The lowest BCUT2D eigenvalue weighted by molar-refractivity contribution is 0.0755.